The Kier molecular flexibility index (Phi) is 5.75. The highest BCUT2D eigenvalue weighted by molar-refractivity contribution is 5.87. The summed E-state index contributed by atoms with van der Waals surface area (Å²) in [4.78, 5) is 37.4. The molecular weight excluding hydrogens is 264 g/mol. The van der Waals surface area contributed by atoms with E-state index in [0.29, 0.717) is 19.1 Å². The Labute approximate surface area is 117 Å². The second kappa shape index (κ2) is 7.09. The lowest BCUT2D eigenvalue weighted by Crippen LogP contribution is -2.52. The first-order chi connectivity index (χ1) is 9.31. The van der Waals surface area contributed by atoms with Crippen LogP contribution in [-0.2, 0) is 9.59 Å². The summed E-state index contributed by atoms with van der Waals surface area (Å²) in [6.45, 7) is 1.13. The van der Waals surface area contributed by atoms with Gasteiger partial charge < -0.3 is 26.0 Å². The second-order valence-electron chi connectivity index (χ2n) is 5.19. The van der Waals surface area contributed by atoms with Crippen LogP contribution in [0.2, 0.25) is 0 Å². The van der Waals surface area contributed by atoms with Gasteiger partial charge in [-0.25, -0.2) is 9.59 Å². The van der Waals surface area contributed by atoms with Gasteiger partial charge in [0.1, 0.15) is 6.04 Å². The summed E-state index contributed by atoms with van der Waals surface area (Å²) in [5.41, 5.74) is 4.96. The number of nitrogens with two attached hydrogens (primary N) is 1. The standard InChI is InChI=1S/C12H22N4O4/c1-15(2)8-3-5-16(6-4-8)12(20)14-9(11(18)19)7-10(13)17/h8-9H,3-7H2,1-2H3,(H2,13,17)(H,14,20)(H,18,19). The predicted molar refractivity (Wildman–Crippen MR) is 72.0 cm³/mol. The van der Waals surface area contributed by atoms with Crippen molar-refractivity contribution in [3.63, 3.8) is 0 Å². The monoisotopic (exact) mass is 286 g/mol. The average Bonchev–Trinajstić information content (AvgIpc) is 2.37. The number of rotatable bonds is 5. The molecule has 0 radical (unpaired) electrons. The first kappa shape index (κ1) is 16.2. The first-order valence-corrected chi connectivity index (χ1v) is 6.54. The number of nitrogens with one attached hydrogen (secondary N) is 1. The van der Waals surface area contributed by atoms with Crippen LogP contribution in [0.25, 0.3) is 0 Å². The van der Waals surface area contributed by atoms with Crippen molar-refractivity contribution < 1.29 is 19.5 Å². The van der Waals surface area contributed by atoms with Crippen LogP contribution in [0.5, 0.6) is 0 Å². The molecule has 1 aliphatic rings. The van der Waals surface area contributed by atoms with Crippen LogP contribution >= 0.6 is 0 Å². The number of carboxylic acid groups (broad SMARTS) is 1. The molecule has 3 amide bonds. The molecule has 0 aromatic heterocycles. The van der Waals surface area contributed by atoms with Crippen LogP contribution in [0, 0.1) is 0 Å². The number of aliphatic carboxylic acids is 1. The molecule has 0 bridgehead atoms. The number of hydrogen-bond donors (Lipinski definition) is 3. The molecule has 1 atom stereocenters. The molecule has 1 unspecified atom stereocenters. The van der Waals surface area contributed by atoms with Gasteiger partial charge in [-0.1, -0.05) is 0 Å². The molecule has 0 aromatic rings. The van der Waals surface area contributed by atoms with Crippen molar-refractivity contribution in [3.05, 3.63) is 0 Å². The van der Waals surface area contributed by atoms with Crippen LogP contribution in [0.1, 0.15) is 19.3 Å². The minimum atomic E-state index is -1.27. The molecule has 4 N–H and O–H groups in total. The molecule has 0 aliphatic carbocycles. The van der Waals surface area contributed by atoms with E-state index in [1.807, 2.05) is 14.1 Å². The number of carbonyl (C=O) groups is 3. The molecule has 8 heteroatoms. The van der Waals surface area contributed by atoms with Gasteiger partial charge in [-0.15, -0.1) is 0 Å². The number of nitrogens with zero attached hydrogens (tertiary/aromatic N) is 2. The van der Waals surface area contributed by atoms with Gasteiger partial charge in [-0.3, -0.25) is 4.79 Å². The summed E-state index contributed by atoms with van der Waals surface area (Å²) < 4.78 is 0. The maximum absolute atomic E-state index is 12.0. The van der Waals surface area contributed by atoms with Crippen molar-refractivity contribution in [3.8, 4) is 0 Å². The molecule has 1 fully saturated rings. The Morgan fingerprint density at radius 2 is 1.90 bits per heavy atom. The number of piperidine rings is 1. The highest BCUT2D eigenvalue weighted by atomic mass is 16.4. The molecule has 1 rings (SSSR count). The van der Waals surface area contributed by atoms with E-state index < -0.39 is 30.4 Å². The van der Waals surface area contributed by atoms with E-state index in [1.54, 1.807) is 4.90 Å². The predicted octanol–water partition coefficient (Wildman–Crippen LogP) is -0.949. The van der Waals surface area contributed by atoms with E-state index in [4.69, 9.17) is 10.8 Å². The molecular formula is C12H22N4O4. The third-order valence-corrected chi connectivity index (χ3v) is 3.48. The fourth-order valence-corrected chi connectivity index (χ4v) is 2.23. The first-order valence-electron chi connectivity index (χ1n) is 6.54. The fraction of sp³-hybridized carbons (Fsp3) is 0.750. The molecule has 1 aliphatic heterocycles. The fourth-order valence-electron chi connectivity index (χ4n) is 2.23. The number of carboxylic acids is 1. The maximum Gasteiger partial charge on any atom is 0.326 e. The van der Waals surface area contributed by atoms with Crippen LogP contribution in [-0.4, -0.2) is 72.1 Å². The Morgan fingerprint density at radius 1 is 1.35 bits per heavy atom. The summed E-state index contributed by atoms with van der Waals surface area (Å²) in [6, 6.07) is -1.30. The van der Waals surface area contributed by atoms with Gasteiger partial charge in [0, 0.05) is 19.1 Å². The highest BCUT2D eigenvalue weighted by Crippen LogP contribution is 2.14. The van der Waals surface area contributed by atoms with Crippen LogP contribution in [0.4, 0.5) is 4.79 Å². The topological polar surface area (TPSA) is 116 Å². The number of primary amides is 1. The van der Waals surface area contributed by atoms with Crippen LogP contribution < -0.4 is 11.1 Å². The van der Waals surface area contributed by atoms with Crippen molar-refractivity contribution in [2.24, 2.45) is 5.73 Å². The third-order valence-electron chi connectivity index (χ3n) is 3.48. The van der Waals surface area contributed by atoms with Crippen molar-refractivity contribution in [2.75, 3.05) is 27.2 Å². The SMILES string of the molecule is CN(C)C1CCN(C(=O)NC(CC(N)=O)C(=O)O)CC1. The number of likely N-dealkylation sites (tertiary alicyclic amines) is 1. The van der Waals surface area contributed by atoms with Crippen LogP contribution in [0.3, 0.4) is 0 Å². The van der Waals surface area contributed by atoms with E-state index in [1.165, 1.54) is 0 Å². The zero-order valence-electron chi connectivity index (χ0n) is 11.8. The maximum atomic E-state index is 12.0. The van der Waals surface area contributed by atoms with E-state index in [0.717, 1.165) is 12.8 Å². The molecule has 1 saturated heterocycles. The lowest BCUT2D eigenvalue weighted by Gasteiger charge is -2.35. The second-order valence-corrected chi connectivity index (χ2v) is 5.19. The Balaban J connectivity index is 2.50. The van der Waals surface area contributed by atoms with Gasteiger partial charge in [0.2, 0.25) is 5.91 Å². The van der Waals surface area contributed by atoms with E-state index >= 15 is 0 Å². The van der Waals surface area contributed by atoms with Crippen molar-refractivity contribution in [1.29, 1.82) is 0 Å². The van der Waals surface area contributed by atoms with Gasteiger partial charge in [0.15, 0.2) is 0 Å². The lowest BCUT2D eigenvalue weighted by molar-refractivity contribution is -0.141. The summed E-state index contributed by atoms with van der Waals surface area (Å²) in [6.07, 6.45) is 1.27. The Hall–Kier alpha value is -1.83. The zero-order chi connectivity index (χ0) is 15.3. The third kappa shape index (κ3) is 4.69. The van der Waals surface area contributed by atoms with Gasteiger partial charge in [0.05, 0.1) is 6.42 Å². The Morgan fingerprint density at radius 3 is 2.30 bits per heavy atom. The summed E-state index contributed by atoms with van der Waals surface area (Å²) in [5, 5.41) is 11.3. The van der Waals surface area contributed by atoms with E-state index in [9.17, 15) is 14.4 Å². The van der Waals surface area contributed by atoms with Gasteiger partial charge in [-0.05, 0) is 26.9 Å². The molecule has 0 saturated carbocycles. The van der Waals surface area contributed by atoms with Gasteiger partial charge in [0.25, 0.3) is 0 Å². The average molecular weight is 286 g/mol. The molecule has 1 heterocycles. The molecule has 0 aromatic carbocycles. The van der Waals surface area contributed by atoms with Crippen LogP contribution in [0.15, 0.2) is 0 Å². The lowest BCUT2D eigenvalue weighted by atomic mass is 10.0. The van der Waals surface area contributed by atoms with Crippen molar-refractivity contribution in [1.82, 2.24) is 15.1 Å². The number of carbonyl (C=O) groups excluding carboxylic acids is 2. The van der Waals surface area contributed by atoms with E-state index in [-0.39, 0.29) is 0 Å². The Bertz CT molecular complexity index is 378. The van der Waals surface area contributed by atoms with Crippen molar-refractivity contribution in [2.45, 2.75) is 31.3 Å². The molecule has 20 heavy (non-hydrogen) atoms. The smallest absolute Gasteiger partial charge is 0.326 e. The molecule has 0 spiro atoms. The number of urea groups is 1. The molecule has 114 valence electrons. The zero-order valence-corrected chi connectivity index (χ0v) is 11.8. The van der Waals surface area contributed by atoms with Gasteiger partial charge in [-0.2, -0.15) is 0 Å². The molecule has 8 nitrogen and oxygen atoms in total. The van der Waals surface area contributed by atoms with Crippen molar-refractivity contribution >= 4 is 17.9 Å². The summed E-state index contributed by atoms with van der Waals surface area (Å²) >= 11 is 0. The highest BCUT2D eigenvalue weighted by Gasteiger charge is 2.28. The van der Waals surface area contributed by atoms with Gasteiger partial charge >= 0.3 is 12.0 Å². The largest absolute Gasteiger partial charge is 0.480 e. The minimum Gasteiger partial charge on any atom is -0.480 e. The summed E-state index contributed by atoms with van der Waals surface area (Å²) in [7, 11) is 3.99. The van der Waals surface area contributed by atoms with E-state index in [2.05, 4.69) is 10.2 Å². The normalized spacial score (nSPS) is 17.9. The summed E-state index contributed by atoms with van der Waals surface area (Å²) in [5.74, 6) is -2.02. The number of amides is 3. The quantitative estimate of drug-likeness (QED) is 0.602. The minimum absolute atomic E-state index is 0.408. The number of hydrogen-bond acceptors (Lipinski definition) is 4.